The van der Waals surface area contributed by atoms with Crippen molar-refractivity contribution in [3.8, 4) is 0 Å². The van der Waals surface area contributed by atoms with E-state index in [-0.39, 0.29) is 0 Å². The SMILES string of the molecule is O[Te]1(O)(O)(O)O[Te](O)(O)(O)(O)O1. The topological polar surface area (TPSA) is 180 Å². The standard InChI is InChI=1S/H8O10Te2/c1-11(2,3,4)9-12(5,6,7,8)10-11/h1-8H. The second-order valence-electron chi connectivity index (χ2n) is 2.44. The van der Waals surface area contributed by atoms with E-state index in [1.165, 1.54) is 0 Å². The summed E-state index contributed by atoms with van der Waals surface area (Å²) in [6.07, 6.45) is 0. The molecule has 12 heteroatoms. The molecule has 1 aliphatic heterocycles. The van der Waals surface area contributed by atoms with Crippen LogP contribution in [0.1, 0.15) is 0 Å². The molecule has 0 aromatic rings. The van der Waals surface area contributed by atoms with E-state index in [4.69, 9.17) is 27.8 Å². The van der Waals surface area contributed by atoms with Gasteiger partial charge in [0.15, 0.2) is 0 Å². The van der Waals surface area contributed by atoms with Crippen LogP contribution in [-0.2, 0) is 2.93 Å². The summed E-state index contributed by atoms with van der Waals surface area (Å²) in [5.41, 5.74) is 0. The zero-order valence-corrected chi connectivity index (χ0v) is 9.87. The van der Waals surface area contributed by atoms with Crippen LogP contribution in [-0.4, -0.2) is 63.6 Å². The molecule has 0 unspecified atom stereocenters. The van der Waals surface area contributed by atoms with Gasteiger partial charge in [0.2, 0.25) is 0 Å². The van der Waals surface area contributed by atoms with E-state index in [0.29, 0.717) is 0 Å². The van der Waals surface area contributed by atoms with Crippen LogP contribution in [0.15, 0.2) is 0 Å². The van der Waals surface area contributed by atoms with Crippen molar-refractivity contribution < 1.29 is 30.7 Å². The fourth-order valence-corrected chi connectivity index (χ4v) is 29.8. The molecule has 1 rings (SSSR count). The van der Waals surface area contributed by atoms with E-state index in [9.17, 15) is 0 Å². The van der Waals surface area contributed by atoms with E-state index in [2.05, 4.69) is 2.93 Å². The molecule has 0 aromatic carbocycles. The third-order valence-corrected chi connectivity index (χ3v) is 26.9. The van der Waals surface area contributed by atoms with Crippen molar-refractivity contribution in [3.63, 3.8) is 0 Å². The molecule has 0 aromatic heterocycles. The van der Waals surface area contributed by atoms with Crippen LogP contribution in [0, 0.1) is 0 Å². The zero-order chi connectivity index (χ0) is 10.2. The Morgan fingerprint density at radius 1 is 0.500 bits per heavy atom. The van der Waals surface area contributed by atoms with Gasteiger partial charge in [-0.3, -0.25) is 0 Å². The molecule has 0 spiro atoms. The Morgan fingerprint density at radius 2 is 0.667 bits per heavy atom. The second-order valence-corrected chi connectivity index (χ2v) is 21.6. The monoisotopic (exact) mass is 428 g/mol. The zero-order valence-electron chi connectivity index (χ0n) is 5.21. The third-order valence-electron chi connectivity index (χ3n) is 0.598. The van der Waals surface area contributed by atoms with Gasteiger partial charge in [0.25, 0.3) is 0 Å². The van der Waals surface area contributed by atoms with Gasteiger partial charge in [-0.15, -0.1) is 0 Å². The Hall–Kier alpha value is 1.18. The molecular weight excluding hydrogens is 415 g/mol. The molecule has 0 bridgehead atoms. The van der Waals surface area contributed by atoms with Crippen molar-refractivity contribution in [1.82, 2.24) is 0 Å². The van der Waals surface area contributed by atoms with Gasteiger partial charge in [-0.25, -0.2) is 0 Å². The van der Waals surface area contributed by atoms with Crippen LogP contribution in [0.25, 0.3) is 0 Å². The van der Waals surface area contributed by atoms with Crippen molar-refractivity contribution in [3.05, 3.63) is 0 Å². The van der Waals surface area contributed by atoms with Gasteiger partial charge in [0.1, 0.15) is 0 Å². The molecule has 1 aliphatic rings. The summed E-state index contributed by atoms with van der Waals surface area (Å²) in [4.78, 5) is 0. The van der Waals surface area contributed by atoms with E-state index in [1.807, 2.05) is 0 Å². The molecular formula is H8O10Te2. The minimum atomic E-state index is -8.35. The quantitative estimate of drug-likeness (QED) is 0.175. The third kappa shape index (κ3) is 2.58. The van der Waals surface area contributed by atoms with Gasteiger partial charge in [-0.05, 0) is 0 Å². The van der Waals surface area contributed by atoms with Crippen molar-refractivity contribution in [2.75, 3.05) is 0 Å². The molecule has 0 atom stereocenters. The average molecular weight is 423 g/mol. The van der Waals surface area contributed by atoms with Crippen LogP contribution in [0.5, 0.6) is 0 Å². The molecule has 8 N–H and O–H groups in total. The van der Waals surface area contributed by atoms with Gasteiger partial charge in [0, 0.05) is 0 Å². The first kappa shape index (κ1) is 11.3. The average Bonchev–Trinajstić information content (AvgIpc) is 0.980. The van der Waals surface area contributed by atoms with Crippen LogP contribution in [0.3, 0.4) is 0 Å². The first-order valence-electron chi connectivity index (χ1n) is 2.13. The first-order chi connectivity index (χ1) is 4.42. The Kier molecular flexibility index (Phi) is 1.30. The summed E-state index contributed by atoms with van der Waals surface area (Å²) in [6, 6.07) is 0. The van der Waals surface area contributed by atoms with Gasteiger partial charge in [-0.2, -0.15) is 0 Å². The van der Waals surface area contributed by atoms with Crippen molar-refractivity contribution >= 4 is 35.8 Å². The molecule has 80 valence electrons. The predicted molar refractivity (Wildman–Crippen MR) is 31.4 cm³/mol. The van der Waals surface area contributed by atoms with Crippen LogP contribution in [0.4, 0.5) is 0 Å². The number of rotatable bonds is 0. The Balaban J connectivity index is 3.16. The van der Waals surface area contributed by atoms with Gasteiger partial charge in [0.05, 0.1) is 0 Å². The summed E-state index contributed by atoms with van der Waals surface area (Å²) in [5, 5.41) is 0. The Labute approximate surface area is 66.3 Å². The molecule has 1 saturated heterocycles. The van der Waals surface area contributed by atoms with E-state index in [1.54, 1.807) is 0 Å². The summed E-state index contributed by atoms with van der Waals surface area (Å²) in [7, 11) is 0. The summed E-state index contributed by atoms with van der Waals surface area (Å²) in [6.45, 7) is 0. The molecule has 0 aliphatic carbocycles. The molecule has 1 heterocycles. The second kappa shape index (κ2) is 1.38. The van der Waals surface area contributed by atoms with Crippen LogP contribution >= 0.6 is 0 Å². The van der Waals surface area contributed by atoms with Crippen molar-refractivity contribution in [1.29, 1.82) is 0 Å². The maximum atomic E-state index is 8.33. The first-order valence-corrected chi connectivity index (χ1v) is 14.3. The van der Waals surface area contributed by atoms with Gasteiger partial charge < -0.3 is 0 Å². The van der Waals surface area contributed by atoms with Crippen molar-refractivity contribution in [2.24, 2.45) is 0 Å². The van der Waals surface area contributed by atoms with E-state index in [0.717, 1.165) is 0 Å². The van der Waals surface area contributed by atoms with E-state index < -0.39 is 35.8 Å². The maximum absolute atomic E-state index is 8.35. The Bertz CT molecular complexity index is 217. The molecule has 10 nitrogen and oxygen atoms in total. The fraction of sp³-hybridized carbons (Fsp3) is 0. The molecule has 1 fully saturated rings. The minimum absolute atomic E-state index is 2.86. The van der Waals surface area contributed by atoms with Crippen LogP contribution < -0.4 is 0 Å². The molecule has 0 saturated carbocycles. The summed E-state index contributed by atoms with van der Waals surface area (Å²) >= 11 is -16.7. The normalized spacial score (nSPS) is 54.0. The molecule has 0 amide bonds. The van der Waals surface area contributed by atoms with Gasteiger partial charge in [-0.1, -0.05) is 0 Å². The van der Waals surface area contributed by atoms with Crippen LogP contribution in [0.2, 0.25) is 0 Å². The number of hydrogen-bond acceptors (Lipinski definition) is 10. The van der Waals surface area contributed by atoms with Crippen molar-refractivity contribution in [2.45, 2.75) is 0 Å². The molecule has 0 radical (unpaired) electrons. The fourth-order valence-electron chi connectivity index (χ4n) is 0.662. The van der Waals surface area contributed by atoms with E-state index >= 15 is 0 Å². The van der Waals surface area contributed by atoms with Gasteiger partial charge >= 0.3 is 66.5 Å². The predicted octanol–water partition coefficient (Wildman–Crippen LogP) is -5.35. The summed E-state index contributed by atoms with van der Waals surface area (Å²) < 4.78 is 72.4. The number of hydrogen-bond donors (Lipinski definition) is 8. The summed E-state index contributed by atoms with van der Waals surface area (Å²) in [5.74, 6) is 0. The molecule has 12 heavy (non-hydrogen) atoms. The Morgan fingerprint density at radius 3 is 0.667 bits per heavy atom.